The zero-order valence-electron chi connectivity index (χ0n) is 11.6. The highest BCUT2D eigenvalue weighted by molar-refractivity contribution is 6.32. The summed E-state index contributed by atoms with van der Waals surface area (Å²) in [6.45, 7) is 2.34. The average molecular weight is 315 g/mol. The van der Waals surface area contributed by atoms with Crippen molar-refractivity contribution >= 4 is 17.2 Å². The van der Waals surface area contributed by atoms with Gasteiger partial charge in [-0.05, 0) is 19.1 Å². The lowest BCUT2D eigenvalue weighted by molar-refractivity contribution is 0.340. The summed E-state index contributed by atoms with van der Waals surface area (Å²) in [5.41, 5.74) is 1.45. The lowest BCUT2D eigenvalue weighted by Gasteiger charge is -2.08. The molecular formula is C15H11ClN4O2. The molecule has 0 fully saturated rings. The normalized spacial score (nSPS) is 10.6. The Morgan fingerprint density at radius 2 is 2.27 bits per heavy atom. The number of hydrogen-bond acceptors (Lipinski definition) is 4. The standard InChI is InChI=1S/C15H11ClN4O2/c1-2-22-13-5-9(3-4-11(13)16)12-6-14(21)20-15(19-12)10(7-17)8-18-20/h3-6,8,18H,2H2,1H3. The maximum atomic E-state index is 12.1. The van der Waals surface area contributed by atoms with Crippen LogP contribution in [0.2, 0.25) is 5.02 Å². The third-order valence-corrected chi connectivity index (χ3v) is 3.46. The van der Waals surface area contributed by atoms with Gasteiger partial charge in [-0.15, -0.1) is 0 Å². The minimum Gasteiger partial charge on any atom is -0.492 e. The Morgan fingerprint density at radius 3 is 3.00 bits per heavy atom. The molecule has 0 amide bonds. The van der Waals surface area contributed by atoms with Gasteiger partial charge in [-0.2, -0.15) is 5.26 Å². The molecule has 2 heterocycles. The number of nitrogens with zero attached hydrogens (tertiary/aromatic N) is 3. The molecule has 22 heavy (non-hydrogen) atoms. The van der Waals surface area contributed by atoms with Crippen LogP contribution in [0.25, 0.3) is 16.9 Å². The van der Waals surface area contributed by atoms with Gasteiger partial charge < -0.3 is 4.74 Å². The van der Waals surface area contributed by atoms with Crippen molar-refractivity contribution in [3.8, 4) is 23.1 Å². The summed E-state index contributed by atoms with van der Waals surface area (Å²) in [4.78, 5) is 16.5. The molecule has 0 aliphatic rings. The van der Waals surface area contributed by atoms with E-state index < -0.39 is 0 Å². The Bertz CT molecular complexity index is 952. The molecule has 3 aromatic rings. The predicted molar refractivity (Wildman–Crippen MR) is 82.1 cm³/mol. The second kappa shape index (κ2) is 5.54. The van der Waals surface area contributed by atoms with E-state index in [-0.39, 0.29) is 11.2 Å². The monoisotopic (exact) mass is 314 g/mol. The Labute approximate surface area is 130 Å². The van der Waals surface area contributed by atoms with Crippen LogP contribution in [0.3, 0.4) is 0 Å². The molecule has 3 rings (SSSR count). The fraction of sp³-hybridized carbons (Fsp3) is 0.133. The smallest absolute Gasteiger partial charge is 0.273 e. The number of benzene rings is 1. The molecule has 0 aliphatic carbocycles. The van der Waals surface area contributed by atoms with Gasteiger partial charge in [0.15, 0.2) is 5.65 Å². The number of fused-ring (bicyclic) bond motifs is 1. The Morgan fingerprint density at radius 1 is 1.45 bits per heavy atom. The molecule has 0 saturated heterocycles. The minimum absolute atomic E-state index is 0.290. The highest BCUT2D eigenvalue weighted by Gasteiger charge is 2.11. The summed E-state index contributed by atoms with van der Waals surface area (Å²) >= 11 is 6.06. The maximum absolute atomic E-state index is 12.1. The topological polar surface area (TPSA) is 83.2 Å². The predicted octanol–water partition coefficient (Wildman–Crippen LogP) is 2.61. The molecule has 0 aliphatic heterocycles. The first kappa shape index (κ1) is 14.2. The Balaban J connectivity index is 2.20. The summed E-state index contributed by atoms with van der Waals surface area (Å²) in [5.74, 6) is 0.526. The third kappa shape index (κ3) is 2.32. The lowest BCUT2D eigenvalue weighted by Crippen LogP contribution is -2.14. The molecule has 0 spiro atoms. The summed E-state index contributed by atoms with van der Waals surface area (Å²) in [6, 6.07) is 8.55. The minimum atomic E-state index is -0.297. The highest BCUT2D eigenvalue weighted by atomic mass is 35.5. The molecule has 0 radical (unpaired) electrons. The number of nitriles is 1. The number of hydrogen-bond donors (Lipinski definition) is 1. The Hall–Kier alpha value is -2.78. The van der Waals surface area contributed by atoms with Crippen LogP contribution in [0.5, 0.6) is 5.75 Å². The van der Waals surface area contributed by atoms with Crippen molar-refractivity contribution in [2.24, 2.45) is 0 Å². The number of H-pyrrole nitrogens is 1. The van der Waals surface area contributed by atoms with Gasteiger partial charge in [0.1, 0.15) is 17.4 Å². The highest BCUT2D eigenvalue weighted by Crippen LogP contribution is 2.29. The van der Waals surface area contributed by atoms with Crippen molar-refractivity contribution in [2.45, 2.75) is 6.92 Å². The molecule has 0 saturated carbocycles. The van der Waals surface area contributed by atoms with E-state index in [2.05, 4.69) is 10.1 Å². The van der Waals surface area contributed by atoms with Gasteiger partial charge in [0.05, 0.1) is 17.3 Å². The summed E-state index contributed by atoms with van der Waals surface area (Å²) in [7, 11) is 0. The number of aromatic amines is 1. The summed E-state index contributed by atoms with van der Waals surface area (Å²) in [6.07, 6.45) is 1.45. The lowest BCUT2D eigenvalue weighted by atomic mass is 10.1. The van der Waals surface area contributed by atoms with E-state index >= 15 is 0 Å². The molecule has 2 aromatic heterocycles. The number of rotatable bonds is 3. The van der Waals surface area contributed by atoms with E-state index in [9.17, 15) is 4.79 Å². The van der Waals surface area contributed by atoms with Gasteiger partial charge in [0, 0.05) is 17.8 Å². The van der Waals surface area contributed by atoms with Crippen LogP contribution in [-0.4, -0.2) is 21.2 Å². The van der Waals surface area contributed by atoms with Gasteiger partial charge in [0.2, 0.25) is 0 Å². The molecule has 7 heteroatoms. The van der Waals surface area contributed by atoms with Crippen molar-refractivity contribution in [1.29, 1.82) is 5.26 Å². The van der Waals surface area contributed by atoms with Crippen molar-refractivity contribution in [3.05, 3.63) is 51.4 Å². The number of aromatic nitrogens is 3. The van der Waals surface area contributed by atoms with Gasteiger partial charge in [0.25, 0.3) is 5.56 Å². The van der Waals surface area contributed by atoms with Crippen LogP contribution in [0.15, 0.2) is 35.3 Å². The Kier molecular flexibility index (Phi) is 3.57. The number of halogens is 1. The largest absolute Gasteiger partial charge is 0.492 e. The number of ether oxygens (including phenoxy) is 1. The fourth-order valence-electron chi connectivity index (χ4n) is 2.14. The average Bonchev–Trinajstić information content (AvgIpc) is 2.93. The van der Waals surface area contributed by atoms with Crippen LogP contribution < -0.4 is 10.3 Å². The van der Waals surface area contributed by atoms with Crippen LogP contribution in [0.4, 0.5) is 0 Å². The zero-order chi connectivity index (χ0) is 15.7. The van der Waals surface area contributed by atoms with E-state index in [4.69, 9.17) is 21.6 Å². The summed E-state index contributed by atoms with van der Waals surface area (Å²) in [5, 5.41) is 12.3. The second-order valence-corrected chi connectivity index (χ2v) is 4.92. The van der Waals surface area contributed by atoms with E-state index in [0.717, 1.165) is 0 Å². The molecule has 0 unspecified atom stereocenters. The molecule has 0 atom stereocenters. The van der Waals surface area contributed by atoms with Crippen LogP contribution in [0.1, 0.15) is 12.5 Å². The van der Waals surface area contributed by atoms with Crippen LogP contribution in [0, 0.1) is 11.3 Å². The molecule has 1 N–H and O–H groups in total. The van der Waals surface area contributed by atoms with Crippen molar-refractivity contribution < 1.29 is 4.74 Å². The molecular weight excluding hydrogens is 304 g/mol. The van der Waals surface area contributed by atoms with E-state index in [1.807, 2.05) is 13.0 Å². The van der Waals surface area contributed by atoms with Crippen molar-refractivity contribution in [2.75, 3.05) is 6.61 Å². The zero-order valence-corrected chi connectivity index (χ0v) is 12.4. The van der Waals surface area contributed by atoms with Crippen LogP contribution >= 0.6 is 11.6 Å². The van der Waals surface area contributed by atoms with Gasteiger partial charge in [-0.3, -0.25) is 9.89 Å². The first-order chi connectivity index (χ1) is 10.6. The quantitative estimate of drug-likeness (QED) is 0.805. The van der Waals surface area contributed by atoms with E-state index in [1.54, 1.807) is 18.2 Å². The summed E-state index contributed by atoms with van der Waals surface area (Å²) < 4.78 is 6.67. The molecule has 110 valence electrons. The SMILES string of the molecule is CCOc1cc(-c2cc(=O)n3[nH]cc(C#N)c3n2)ccc1Cl. The first-order valence-electron chi connectivity index (χ1n) is 6.58. The second-order valence-electron chi connectivity index (χ2n) is 4.52. The maximum Gasteiger partial charge on any atom is 0.273 e. The molecule has 1 aromatic carbocycles. The van der Waals surface area contributed by atoms with E-state index in [0.29, 0.717) is 34.2 Å². The fourth-order valence-corrected chi connectivity index (χ4v) is 2.31. The van der Waals surface area contributed by atoms with E-state index in [1.165, 1.54) is 16.8 Å². The van der Waals surface area contributed by atoms with Crippen molar-refractivity contribution in [1.82, 2.24) is 14.6 Å². The third-order valence-electron chi connectivity index (χ3n) is 3.14. The molecule has 0 bridgehead atoms. The molecule has 6 nitrogen and oxygen atoms in total. The van der Waals surface area contributed by atoms with Gasteiger partial charge in [-0.25, -0.2) is 9.50 Å². The van der Waals surface area contributed by atoms with Crippen LogP contribution in [-0.2, 0) is 0 Å². The van der Waals surface area contributed by atoms with Gasteiger partial charge in [-0.1, -0.05) is 17.7 Å². The van der Waals surface area contributed by atoms with Crippen molar-refractivity contribution in [3.63, 3.8) is 0 Å². The first-order valence-corrected chi connectivity index (χ1v) is 6.96. The number of nitrogens with one attached hydrogen (secondary N) is 1. The van der Waals surface area contributed by atoms with Gasteiger partial charge >= 0.3 is 0 Å².